The van der Waals surface area contributed by atoms with Gasteiger partial charge in [-0.15, -0.1) is 0 Å². The molecule has 1 aliphatic rings. The van der Waals surface area contributed by atoms with E-state index in [2.05, 4.69) is 20.9 Å². The second kappa shape index (κ2) is 5.62. The summed E-state index contributed by atoms with van der Waals surface area (Å²) in [6, 6.07) is 1.50. The van der Waals surface area contributed by atoms with Gasteiger partial charge in [-0.25, -0.2) is 4.98 Å². The average molecular weight is 315 g/mol. The quantitative estimate of drug-likeness (QED) is 0.680. The Morgan fingerprint density at radius 1 is 1.56 bits per heavy atom. The van der Waals surface area contributed by atoms with Crippen molar-refractivity contribution in [3.63, 3.8) is 0 Å². The zero-order valence-electron chi connectivity index (χ0n) is 9.88. The zero-order chi connectivity index (χ0) is 13.1. The molecule has 1 aliphatic heterocycles. The number of nitrogens with zero attached hydrogens (tertiary/aromatic N) is 3. The van der Waals surface area contributed by atoms with Crippen molar-refractivity contribution in [2.75, 3.05) is 24.5 Å². The van der Waals surface area contributed by atoms with Crippen LogP contribution in [0.25, 0.3) is 0 Å². The minimum atomic E-state index is -0.387. The second-order valence-corrected chi connectivity index (χ2v) is 5.34. The normalized spacial score (nSPS) is 16.9. The minimum Gasteiger partial charge on any atom is -0.351 e. The van der Waals surface area contributed by atoms with Crippen LogP contribution in [0, 0.1) is 16.0 Å². The molecule has 2 rings (SSSR count). The van der Waals surface area contributed by atoms with E-state index in [-0.39, 0.29) is 10.6 Å². The lowest BCUT2D eigenvalue weighted by Gasteiger charge is -2.31. The second-order valence-electron chi connectivity index (χ2n) is 4.42. The lowest BCUT2D eigenvalue weighted by molar-refractivity contribution is -0.384. The Kier molecular flexibility index (Phi) is 4.13. The SMILES string of the molecule is NCC1CCN(c2ncc(Br)cc2[N+](=O)[O-])CC1. The summed E-state index contributed by atoms with van der Waals surface area (Å²) in [4.78, 5) is 16.8. The average Bonchev–Trinajstić information content (AvgIpc) is 2.39. The Bertz CT molecular complexity index is 447. The summed E-state index contributed by atoms with van der Waals surface area (Å²) in [7, 11) is 0. The van der Waals surface area contributed by atoms with Gasteiger partial charge in [0, 0.05) is 29.8 Å². The largest absolute Gasteiger partial charge is 0.351 e. The molecule has 2 heterocycles. The van der Waals surface area contributed by atoms with E-state index >= 15 is 0 Å². The molecule has 1 aromatic heterocycles. The molecular weight excluding hydrogens is 300 g/mol. The molecule has 0 atom stereocenters. The lowest BCUT2D eigenvalue weighted by atomic mass is 9.97. The summed E-state index contributed by atoms with van der Waals surface area (Å²) in [5, 5.41) is 11.0. The minimum absolute atomic E-state index is 0.0515. The van der Waals surface area contributed by atoms with Gasteiger partial charge >= 0.3 is 5.69 Å². The Morgan fingerprint density at radius 2 is 2.22 bits per heavy atom. The zero-order valence-corrected chi connectivity index (χ0v) is 11.5. The first kappa shape index (κ1) is 13.2. The standard InChI is InChI=1S/C11H15BrN4O2/c12-9-5-10(16(17)18)11(14-7-9)15-3-1-8(6-13)2-4-15/h5,7-8H,1-4,6,13H2. The summed E-state index contributed by atoms with van der Waals surface area (Å²) in [5.41, 5.74) is 5.69. The fraction of sp³-hybridized carbons (Fsp3) is 0.545. The highest BCUT2D eigenvalue weighted by molar-refractivity contribution is 9.10. The Morgan fingerprint density at radius 3 is 2.78 bits per heavy atom. The van der Waals surface area contributed by atoms with Crippen molar-refractivity contribution in [2.24, 2.45) is 11.7 Å². The van der Waals surface area contributed by atoms with E-state index in [4.69, 9.17) is 5.73 Å². The van der Waals surface area contributed by atoms with Gasteiger partial charge in [-0.3, -0.25) is 10.1 Å². The number of pyridine rings is 1. The molecule has 0 saturated carbocycles. The van der Waals surface area contributed by atoms with E-state index in [9.17, 15) is 10.1 Å². The van der Waals surface area contributed by atoms with Crippen LogP contribution in [0.1, 0.15) is 12.8 Å². The predicted octanol–water partition coefficient (Wildman–Crippen LogP) is 1.93. The van der Waals surface area contributed by atoms with Crippen LogP contribution >= 0.6 is 15.9 Å². The lowest BCUT2D eigenvalue weighted by Crippen LogP contribution is -2.36. The molecule has 0 unspecified atom stereocenters. The van der Waals surface area contributed by atoms with Crippen molar-refractivity contribution >= 4 is 27.4 Å². The Hall–Kier alpha value is -1.21. The van der Waals surface area contributed by atoms with E-state index in [1.54, 1.807) is 6.20 Å². The van der Waals surface area contributed by atoms with Crippen molar-refractivity contribution < 1.29 is 4.92 Å². The van der Waals surface area contributed by atoms with Crippen LogP contribution in [0.2, 0.25) is 0 Å². The summed E-state index contributed by atoms with van der Waals surface area (Å²) >= 11 is 3.21. The molecule has 1 fully saturated rings. The molecule has 2 N–H and O–H groups in total. The highest BCUT2D eigenvalue weighted by atomic mass is 79.9. The molecule has 0 aliphatic carbocycles. The van der Waals surface area contributed by atoms with Gasteiger partial charge in [0.05, 0.1) is 4.92 Å². The van der Waals surface area contributed by atoms with Gasteiger partial charge in [-0.1, -0.05) is 0 Å². The molecule has 1 saturated heterocycles. The van der Waals surface area contributed by atoms with Crippen molar-refractivity contribution in [1.29, 1.82) is 0 Å². The van der Waals surface area contributed by atoms with Crippen LogP contribution in [0.4, 0.5) is 11.5 Å². The smallest absolute Gasteiger partial charge is 0.312 e. The van der Waals surface area contributed by atoms with Gasteiger partial charge in [0.25, 0.3) is 0 Å². The molecule has 0 aromatic carbocycles. The van der Waals surface area contributed by atoms with Crippen LogP contribution in [-0.4, -0.2) is 29.5 Å². The number of hydrogen-bond donors (Lipinski definition) is 1. The fourth-order valence-corrected chi connectivity index (χ4v) is 2.50. The number of rotatable bonds is 3. The molecule has 7 heteroatoms. The number of nitro groups is 1. The summed E-state index contributed by atoms with van der Waals surface area (Å²) in [5.74, 6) is 0.981. The predicted molar refractivity (Wildman–Crippen MR) is 72.6 cm³/mol. The van der Waals surface area contributed by atoms with Crippen molar-refractivity contribution in [3.8, 4) is 0 Å². The number of piperidine rings is 1. The summed E-state index contributed by atoms with van der Waals surface area (Å²) < 4.78 is 0.620. The highest BCUT2D eigenvalue weighted by Gasteiger charge is 2.25. The molecule has 6 nitrogen and oxygen atoms in total. The topological polar surface area (TPSA) is 85.3 Å². The van der Waals surface area contributed by atoms with Gasteiger partial charge in [0.15, 0.2) is 0 Å². The molecule has 0 amide bonds. The van der Waals surface area contributed by atoms with Crippen LogP contribution in [-0.2, 0) is 0 Å². The molecule has 0 bridgehead atoms. The van der Waals surface area contributed by atoms with Crippen molar-refractivity contribution in [3.05, 3.63) is 26.9 Å². The van der Waals surface area contributed by atoms with Gasteiger partial charge in [0.2, 0.25) is 5.82 Å². The molecule has 1 aromatic rings. The first-order chi connectivity index (χ1) is 8.61. The van der Waals surface area contributed by atoms with Gasteiger partial charge in [-0.2, -0.15) is 0 Å². The molecular formula is C11H15BrN4O2. The van der Waals surface area contributed by atoms with E-state index in [1.165, 1.54) is 6.07 Å². The summed E-state index contributed by atoms with van der Waals surface area (Å²) in [6.07, 6.45) is 3.52. The van der Waals surface area contributed by atoms with E-state index in [0.717, 1.165) is 25.9 Å². The number of aromatic nitrogens is 1. The van der Waals surface area contributed by atoms with Crippen LogP contribution < -0.4 is 10.6 Å². The van der Waals surface area contributed by atoms with E-state index < -0.39 is 0 Å². The van der Waals surface area contributed by atoms with Gasteiger partial charge in [0.1, 0.15) is 0 Å². The summed E-state index contributed by atoms with van der Waals surface area (Å²) in [6.45, 7) is 2.23. The third kappa shape index (κ3) is 2.78. The van der Waals surface area contributed by atoms with Crippen LogP contribution in [0.15, 0.2) is 16.7 Å². The number of nitrogens with two attached hydrogens (primary N) is 1. The third-order valence-corrected chi connectivity index (χ3v) is 3.69. The van der Waals surface area contributed by atoms with Crippen LogP contribution in [0.3, 0.4) is 0 Å². The number of anilines is 1. The van der Waals surface area contributed by atoms with Gasteiger partial charge < -0.3 is 10.6 Å². The first-order valence-corrected chi connectivity index (χ1v) is 6.66. The maximum atomic E-state index is 11.0. The molecule has 0 radical (unpaired) electrons. The third-order valence-electron chi connectivity index (χ3n) is 3.26. The fourth-order valence-electron chi connectivity index (χ4n) is 2.18. The van der Waals surface area contributed by atoms with E-state index in [0.29, 0.717) is 22.8 Å². The molecule has 0 spiro atoms. The molecule has 18 heavy (non-hydrogen) atoms. The molecule has 98 valence electrons. The number of halogens is 1. The monoisotopic (exact) mass is 314 g/mol. The number of hydrogen-bond acceptors (Lipinski definition) is 5. The Labute approximate surface area is 113 Å². The van der Waals surface area contributed by atoms with Crippen LogP contribution in [0.5, 0.6) is 0 Å². The first-order valence-electron chi connectivity index (χ1n) is 5.86. The van der Waals surface area contributed by atoms with Crippen molar-refractivity contribution in [2.45, 2.75) is 12.8 Å². The highest BCUT2D eigenvalue weighted by Crippen LogP contribution is 2.31. The maximum Gasteiger partial charge on any atom is 0.312 e. The van der Waals surface area contributed by atoms with E-state index in [1.807, 2.05) is 4.90 Å². The van der Waals surface area contributed by atoms with Gasteiger partial charge in [-0.05, 0) is 41.2 Å². The Balaban J connectivity index is 2.21. The maximum absolute atomic E-state index is 11.0. The van der Waals surface area contributed by atoms with Crippen molar-refractivity contribution in [1.82, 2.24) is 4.98 Å².